The van der Waals surface area contributed by atoms with Gasteiger partial charge in [-0.1, -0.05) is 19.2 Å². The van der Waals surface area contributed by atoms with E-state index in [1.165, 1.54) is 0 Å². The lowest BCUT2D eigenvalue weighted by atomic mass is 10.1. The molecule has 2 heteroatoms. The number of hydrogen-bond acceptors (Lipinski definition) is 2. The van der Waals surface area contributed by atoms with Crippen LogP contribution in [0.5, 0.6) is 0 Å². The summed E-state index contributed by atoms with van der Waals surface area (Å²) in [5.41, 5.74) is 3.01. The molecule has 0 spiro atoms. The summed E-state index contributed by atoms with van der Waals surface area (Å²) < 4.78 is 0. The molecule has 0 atom stereocenters. The van der Waals surface area contributed by atoms with Crippen molar-refractivity contribution in [2.75, 3.05) is 0 Å². The predicted octanol–water partition coefficient (Wildman–Crippen LogP) is 3.04. The summed E-state index contributed by atoms with van der Waals surface area (Å²) in [6.45, 7) is 9.11. The molecule has 1 rings (SSSR count). The Morgan fingerprint density at radius 3 is 2.86 bits per heavy atom. The van der Waals surface area contributed by atoms with Crippen molar-refractivity contribution in [3.63, 3.8) is 0 Å². The molecule has 0 unspecified atom stereocenters. The van der Waals surface area contributed by atoms with Gasteiger partial charge in [0.2, 0.25) is 0 Å². The smallest absolute Gasteiger partial charge is 0.0854 e. The summed E-state index contributed by atoms with van der Waals surface area (Å²) in [5.74, 6) is 0.202. The van der Waals surface area contributed by atoms with Gasteiger partial charge in [0.1, 0.15) is 0 Å². The second kappa shape index (κ2) is 4.61. The fraction of sp³-hybridized carbons (Fsp3) is 0.250. The molecular weight excluding hydrogens is 174 g/mol. The third-order valence-corrected chi connectivity index (χ3v) is 1.93. The zero-order valence-electron chi connectivity index (χ0n) is 8.45. The standard InChI is InChI=1S/C12H15NO/c1-4-11-7-9(2)13-12(8-11)6-5-10(3)14/h4,7-8,14H,1,3,5-6H2,2H3. The van der Waals surface area contributed by atoms with Crippen LogP contribution in [0.4, 0.5) is 0 Å². The van der Waals surface area contributed by atoms with E-state index in [0.29, 0.717) is 6.42 Å². The van der Waals surface area contributed by atoms with Gasteiger partial charge in [0.15, 0.2) is 0 Å². The molecule has 0 saturated heterocycles. The summed E-state index contributed by atoms with van der Waals surface area (Å²) in [6.07, 6.45) is 3.08. The van der Waals surface area contributed by atoms with Crippen LogP contribution in [-0.2, 0) is 6.42 Å². The van der Waals surface area contributed by atoms with Crippen LogP contribution in [0.15, 0.2) is 31.0 Å². The average Bonchev–Trinajstić information content (AvgIpc) is 2.14. The zero-order chi connectivity index (χ0) is 10.6. The maximum atomic E-state index is 8.97. The monoisotopic (exact) mass is 189 g/mol. The molecule has 1 heterocycles. The zero-order valence-corrected chi connectivity index (χ0v) is 8.45. The van der Waals surface area contributed by atoms with Gasteiger partial charge >= 0.3 is 0 Å². The van der Waals surface area contributed by atoms with Gasteiger partial charge in [-0.05, 0) is 31.0 Å². The summed E-state index contributed by atoms with van der Waals surface area (Å²) in [5, 5.41) is 8.97. The van der Waals surface area contributed by atoms with E-state index in [1.54, 1.807) is 6.08 Å². The van der Waals surface area contributed by atoms with E-state index in [9.17, 15) is 0 Å². The molecule has 0 bridgehead atoms. The molecule has 74 valence electrons. The van der Waals surface area contributed by atoms with Gasteiger partial charge in [-0.2, -0.15) is 0 Å². The van der Waals surface area contributed by atoms with Crippen molar-refractivity contribution < 1.29 is 5.11 Å². The minimum Gasteiger partial charge on any atom is -0.513 e. The molecule has 0 radical (unpaired) electrons. The fourth-order valence-corrected chi connectivity index (χ4v) is 1.28. The van der Waals surface area contributed by atoms with Crippen LogP contribution < -0.4 is 0 Å². The van der Waals surface area contributed by atoms with Gasteiger partial charge in [0.05, 0.1) is 5.76 Å². The van der Waals surface area contributed by atoms with Gasteiger partial charge in [-0.3, -0.25) is 4.98 Å². The molecule has 0 amide bonds. The quantitative estimate of drug-likeness (QED) is 0.738. The molecule has 1 aromatic heterocycles. The lowest BCUT2D eigenvalue weighted by molar-refractivity contribution is 0.390. The largest absolute Gasteiger partial charge is 0.513 e. The van der Waals surface area contributed by atoms with Crippen LogP contribution in [0.1, 0.15) is 23.4 Å². The molecule has 0 fully saturated rings. The number of nitrogens with zero attached hydrogens (tertiary/aromatic N) is 1. The SMILES string of the molecule is C=Cc1cc(C)nc(CCC(=C)O)c1. The Bertz CT molecular complexity index is 355. The number of aliphatic hydroxyl groups excluding tert-OH is 1. The van der Waals surface area contributed by atoms with Gasteiger partial charge < -0.3 is 5.11 Å². The van der Waals surface area contributed by atoms with E-state index in [4.69, 9.17) is 5.11 Å². The minimum atomic E-state index is 0.202. The first kappa shape index (κ1) is 10.5. The lowest BCUT2D eigenvalue weighted by Gasteiger charge is -2.03. The molecule has 0 aromatic carbocycles. The third kappa shape index (κ3) is 3.05. The first-order valence-electron chi connectivity index (χ1n) is 4.58. The molecule has 14 heavy (non-hydrogen) atoms. The Morgan fingerprint density at radius 2 is 2.29 bits per heavy atom. The Hall–Kier alpha value is -1.57. The topological polar surface area (TPSA) is 33.1 Å². The molecule has 1 aromatic rings. The van der Waals surface area contributed by atoms with Crippen LogP contribution in [0.3, 0.4) is 0 Å². The van der Waals surface area contributed by atoms with Crippen LogP contribution >= 0.6 is 0 Å². The first-order chi connectivity index (χ1) is 6.61. The number of aliphatic hydroxyl groups is 1. The van der Waals surface area contributed by atoms with E-state index >= 15 is 0 Å². The van der Waals surface area contributed by atoms with Crippen LogP contribution in [0.2, 0.25) is 0 Å². The molecule has 0 aliphatic rings. The normalized spacial score (nSPS) is 9.79. The fourth-order valence-electron chi connectivity index (χ4n) is 1.28. The van der Waals surface area contributed by atoms with Crippen LogP contribution in [0, 0.1) is 6.92 Å². The molecular formula is C12H15NO. The molecule has 0 saturated carbocycles. The second-order valence-electron chi connectivity index (χ2n) is 3.30. The number of allylic oxidation sites excluding steroid dienone is 1. The van der Waals surface area contributed by atoms with E-state index in [0.717, 1.165) is 23.4 Å². The molecule has 0 aliphatic carbocycles. The van der Waals surface area contributed by atoms with Gasteiger partial charge in [-0.25, -0.2) is 0 Å². The summed E-state index contributed by atoms with van der Waals surface area (Å²) in [4.78, 5) is 4.35. The second-order valence-corrected chi connectivity index (χ2v) is 3.30. The highest BCUT2D eigenvalue weighted by atomic mass is 16.3. The van der Waals surface area contributed by atoms with Crippen molar-refractivity contribution in [3.05, 3.63) is 48.0 Å². The lowest BCUT2D eigenvalue weighted by Crippen LogP contribution is -1.94. The van der Waals surface area contributed by atoms with Gasteiger partial charge in [0.25, 0.3) is 0 Å². The van der Waals surface area contributed by atoms with Gasteiger partial charge in [0, 0.05) is 17.8 Å². The molecule has 0 aliphatic heterocycles. The van der Waals surface area contributed by atoms with Crippen molar-refractivity contribution in [2.45, 2.75) is 19.8 Å². The number of aromatic nitrogens is 1. The Morgan fingerprint density at radius 1 is 1.57 bits per heavy atom. The number of pyridine rings is 1. The Balaban J connectivity index is 2.81. The average molecular weight is 189 g/mol. The van der Waals surface area contributed by atoms with Crippen molar-refractivity contribution in [3.8, 4) is 0 Å². The van der Waals surface area contributed by atoms with E-state index < -0.39 is 0 Å². The third-order valence-electron chi connectivity index (χ3n) is 1.93. The number of aryl methyl sites for hydroxylation is 2. The van der Waals surface area contributed by atoms with Crippen LogP contribution in [0.25, 0.3) is 6.08 Å². The Labute approximate surface area is 84.6 Å². The van der Waals surface area contributed by atoms with Crippen LogP contribution in [-0.4, -0.2) is 10.1 Å². The van der Waals surface area contributed by atoms with Crippen molar-refractivity contribution in [1.29, 1.82) is 0 Å². The maximum Gasteiger partial charge on any atom is 0.0854 e. The summed E-state index contributed by atoms with van der Waals surface area (Å²) in [7, 11) is 0. The highest BCUT2D eigenvalue weighted by Crippen LogP contribution is 2.10. The predicted molar refractivity (Wildman–Crippen MR) is 59.2 cm³/mol. The maximum absolute atomic E-state index is 8.97. The summed E-state index contributed by atoms with van der Waals surface area (Å²) in [6, 6.07) is 3.95. The highest BCUT2D eigenvalue weighted by Gasteiger charge is 1.99. The van der Waals surface area contributed by atoms with E-state index in [2.05, 4.69) is 18.1 Å². The van der Waals surface area contributed by atoms with Gasteiger partial charge in [-0.15, -0.1) is 0 Å². The minimum absolute atomic E-state index is 0.202. The Kier molecular flexibility index (Phi) is 3.46. The first-order valence-corrected chi connectivity index (χ1v) is 4.58. The van der Waals surface area contributed by atoms with Crippen molar-refractivity contribution >= 4 is 6.08 Å². The number of rotatable bonds is 4. The van der Waals surface area contributed by atoms with E-state index in [1.807, 2.05) is 19.1 Å². The number of hydrogen-bond donors (Lipinski definition) is 1. The van der Waals surface area contributed by atoms with Crippen molar-refractivity contribution in [2.24, 2.45) is 0 Å². The molecule has 2 nitrogen and oxygen atoms in total. The highest BCUT2D eigenvalue weighted by molar-refractivity contribution is 5.47. The van der Waals surface area contributed by atoms with Crippen molar-refractivity contribution in [1.82, 2.24) is 4.98 Å². The van der Waals surface area contributed by atoms with E-state index in [-0.39, 0.29) is 5.76 Å². The molecule has 1 N–H and O–H groups in total. The summed E-state index contributed by atoms with van der Waals surface area (Å²) >= 11 is 0.